The lowest BCUT2D eigenvalue weighted by Gasteiger charge is -2.23. The van der Waals surface area contributed by atoms with Crippen molar-refractivity contribution in [3.05, 3.63) is 41.5 Å². The largest absolute Gasteiger partial charge is 0.364 e. The number of nitrogens with two attached hydrogens (primary N) is 1. The van der Waals surface area contributed by atoms with Gasteiger partial charge in [-0.15, -0.1) is 12.4 Å². The van der Waals surface area contributed by atoms with Crippen LogP contribution in [-0.2, 0) is 19.5 Å². The fraction of sp³-hybridized carbons (Fsp3) is 0.429. The van der Waals surface area contributed by atoms with Gasteiger partial charge in [-0.1, -0.05) is 23.4 Å². The molecule has 0 spiro atoms. The molecule has 2 aromatic rings. The highest BCUT2D eigenvalue weighted by Gasteiger charge is 2.17. The summed E-state index contributed by atoms with van der Waals surface area (Å²) in [5.74, 6) is 1.20. The molecule has 0 atom stereocenters. The minimum absolute atomic E-state index is 0. The molecule has 3 rings (SSSR count). The molecule has 0 radical (unpaired) electrons. The summed E-state index contributed by atoms with van der Waals surface area (Å²) in [5.41, 5.74) is 8.18. The molecule has 1 aliphatic heterocycles. The van der Waals surface area contributed by atoms with E-state index in [1.807, 2.05) is 0 Å². The number of anilines is 1. The lowest BCUT2D eigenvalue weighted by Crippen LogP contribution is -2.24. The van der Waals surface area contributed by atoms with Gasteiger partial charge in [0, 0.05) is 12.2 Å². The van der Waals surface area contributed by atoms with Crippen LogP contribution in [0.25, 0.3) is 0 Å². The third-order valence-corrected chi connectivity index (χ3v) is 3.47. The monoisotopic (exact) mass is 294 g/mol. The van der Waals surface area contributed by atoms with Gasteiger partial charge in [-0.3, -0.25) is 0 Å². The minimum Gasteiger partial charge on any atom is -0.364 e. The Morgan fingerprint density at radius 1 is 1.25 bits per heavy atom. The van der Waals surface area contributed by atoms with Crippen molar-refractivity contribution in [1.29, 1.82) is 0 Å². The Kier molecular flexibility index (Phi) is 4.98. The van der Waals surface area contributed by atoms with E-state index < -0.39 is 0 Å². The second-order valence-electron chi connectivity index (χ2n) is 4.82. The number of aromatic nitrogens is 2. The lowest BCUT2D eigenvalue weighted by atomic mass is 10.1. The Hall–Kier alpha value is -1.59. The van der Waals surface area contributed by atoms with Crippen molar-refractivity contribution in [3.8, 4) is 0 Å². The summed E-state index contributed by atoms with van der Waals surface area (Å²) in [7, 11) is 0. The van der Waals surface area contributed by atoms with E-state index in [1.54, 1.807) is 0 Å². The van der Waals surface area contributed by atoms with Crippen molar-refractivity contribution in [1.82, 2.24) is 10.1 Å². The zero-order chi connectivity index (χ0) is 13.1. The maximum atomic E-state index is 5.49. The summed E-state index contributed by atoms with van der Waals surface area (Å²) in [6, 6.07) is 8.56. The summed E-state index contributed by atoms with van der Waals surface area (Å²) >= 11 is 0. The van der Waals surface area contributed by atoms with Gasteiger partial charge in [-0.05, 0) is 30.9 Å². The van der Waals surface area contributed by atoms with Crippen LogP contribution in [0, 0.1) is 0 Å². The van der Waals surface area contributed by atoms with Crippen LogP contribution in [0.3, 0.4) is 0 Å². The molecule has 2 N–H and O–H groups in total. The summed E-state index contributed by atoms with van der Waals surface area (Å²) in [4.78, 5) is 6.61. The summed E-state index contributed by atoms with van der Waals surface area (Å²) in [5, 5.41) is 3.98. The molecule has 0 unspecified atom stereocenters. The van der Waals surface area contributed by atoms with Crippen LogP contribution < -0.4 is 10.6 Å². The maximum absolute atomic E-state index is 5.49. The highest BCUT2D eigenvalue weighted by atomic mass is 35.5. The Labute approximate surface area is 124 Å². The standard InChI is InChI=1S/C14H18N4O.ClH/c15-9-14-16-13(17-19-14)10-18-8-4-3-6-11-5-1-2-7-12(11)18;/h1-2,5,7H,3-4,6,8-10,15H2;1H. The predicted molar refractivity (Wildman–Crippen MR) is 79.9 cm³/mol. The van der Waals surface area contributed by atoms with Crippen molar-refractivity contribution in [2.45, 2.75) is 32.4 Å². The molecule has 0 aliphatic carbocycles. The van der Waals surface area contributed by atoms with Crippen LogP contribution in [-0.4, -0.2) is 16.7 Å². The molecule has 0 fully saturated rings. The number of hydrogen-bond donors (Lipinski definition) is 1. The lowest BCUT2D eigenvalue weighted by molar-refractivity contribution is 0.374. The van der Waals surface area contributed by atoms with Crippen molar-refractivity contribution in [2.75, 3.05) is 11.4 Å². The topological polar surface area (TPSA) is 68.2 Å². The summed E-state index contributed by atoms with van der Waals surface area (Å²) in [6.45, 7) is 2.01. The Morgan fingerprint density at radius 3 is 2.90 bits per heavy atom. The van der Waals surface area contributed by atoms with Crippen molar-refractivity contribution < 1.29 is 4.52 Å². The molecule has 1 aliphatic rings. The van der Waals surface area contributed by atoms with Gasteiger partial charge in [-0.25, -0.2) is 0 Å². The van der Waals surface area contributed by atoms with E-state index in [0.717, 1.165) is 13.0 Å². The average Bonchev–Trinajstić information content (AvgIpc) is 2.80. The number of benzene rings is 1. The van der Waals surface area contributed by atoms with Crippen LogP contribution >= 0.6 is 12.4 Å². The van der Waals surface area contributed by atoms with Gasteiger partial charge in [0.15, 0.2) is 5.82 Å². The van der Waals surface area contributed by atoms with Crippen molar-refractivity contribution in [2.24, 2.45) is 5.73 Å². The van der Waals surface area contributed by atoms with E-state index in [9.17, 15) is 0 Å². The van der Waals surface area contributed by atoms with E-state index in [1.165, 1.54) is 24.1 Å². The van der Waals surface area contributed by atoms with E-state index in [4.69, 9.17) is 10.3 Å². The van der Waals surface area contributed by atoms with Crippen LogP contribution in [0.2, 0.25) is 0 Å². The van der Waals surface area contributed by atoms with Gasteiger partial charge in [0.25, 0.3) is 0 Å². The Morgan fingerprint density at radius 2 is 2.10 bits per heavy atom. The van der Waals surface area contributed by atoms with Crippen LogP contribution in [0.5, 0.6) is 0 Å². The Bertz CT molecular complexity index is 558. The van der Waals surface area contributed by atoms with Gasteiger partial charge in [0.05, 0.1) is 13.1 Å². The molecule has 0 bridgehead atoms. The minimum atomic E-state index is 0. The first-order chi connectivity index (χ1) is 9.36. The molecule has 0 saturated heterocycles. The summed E-state index contributed by atoms with van der Waals surface area (Å²) in [6.07, 6.45) is 3.57. The Balaban J connectivity index is 0.00000147. The molecule has 5 nitrogen and oxygen atoms in total. The van der Waals surface area contributed by atoms with Crippen LogP contribution in [0.4, 0.5) is 5.69 Å². The third kappa shape index (κ3) is 3.11. The van der Waals surface area contributed by atoms with Gasteiger partial charge in [0.2, 0.25) is 5.89 Å². The zero-order valence-corrected chi connectivity index (χ0v) is 12.1. The average molecular weight is 295 g/mol. The normalized spacial score (nSPS) is 14.3. The molecule has 108 valence electrons. The first-order valence-corrected chi connectivity index (χ1v) is 6.71. The summed E-state index contributed by atoms with van der Waals surface area (Å²) < 4.78 is 5.06. The molecule has 1 aromatic carbocycles. The smallest absolute Gasteiger partial charge is 0.240 e. The predicted octanol–water partition coefficient (Wildman–Crippen LogP) is 2.29. The number of aryl methyl sites for hydroxylation is 1. The number of para-hydroxylation sites is 1. The molecule has 1 aromatic heterocycles. The van der Waals surface area contributed by atoms with Crippen molar-refractivity contribution >= 4 is 18.1 Å². The molecule has 6 heteroatoms. The number of halogens is 1. The first-order valence-electron chi connectivity index (χ1n) is 6.71. The first kappa shape index (κ1) is 14.8. The number of rotatable bonds is 3. The van der Waals surface area contributed by atoms with Crippen LogP contribution in [0.15, 0.2) is 28.8 Å². The van der Waals surface area contributed by atoms with E-state index in [-0.39, 0.29) is 12.4 Å². The molecule has 0 saturated carbocycles. The van der Waals surface area contributed by atoms with E-state index >= 15 is 0 Å². The molecular weight excluding hydrogens is 276 g/mol. The second kappa shape index (κ2) is 6.72. The fourth-order valence-corrected chi connectivity index (χ4v) is 2.54. The van der Waals surface area contributed by atoms with E-state index in [0.29, 0.717) is 24.8 Å². The maximum Gasteiger partial charge on any atom is 0.240 e. The molecule has 20 heavy (non-hydrogen) atoms. The van der Waals surface area contributed by atoms with Gasteiger partial charge < -0.3 is 15.2 Å². The molecular formula is C14H19ClN4O. The highest BCUT2D eigenvalue weighted by Crippen LogP contribution is 2.26. The van der Waals surface area contributed by atoms with Crippen molar-refractivity contribution in [3.63, 3.8) is 0 Å². The van der Waals surface area contributed by atoms with Gasteiger partial charge in [0.1, 0.15) is 0 Å². The van der Waals surface area contributed by atoms with Gasteiger partial charge in [-0.2, -0.15) is 4.98 Å². The SMILES string of the molecule is Cl.NCc1nc(CN2CCCCc3ccccc32)no1. The number of nitrogens with zero attached hydrogens (tertiary/aromatic N) is 3. The molecule has 2 heterocycles. The molecule has 0 amide bonds. The number of fused-ring (bicyclic) bond motifs is 1. The zero-order valence-electron chi connectivity index (χ0n) is 11.3. The van der Waals surface area contributed by atoms with E-state index in [2.05, 4.69) is 39.3 Å². The second-order valence-corrected chi connectivity index (χ2v) is 4.82. The van der Waals surface area contributed by atoms with Gasteiger partial charge >= 0.3 is 0 Å². The quantitative estimate of drug-likeness (QED) is 0.941. The van der Waals surface area contributed by atoms with Crippen LogP contribution in [0.1, 0.15) is 30.1 Å². The highest BCUT2D eigenvalue weighted by molar-refractivity contribution is 5.85. The third-order valence-electron chi connectivity index (χ3n) is 3.47. The number of hydrogen-bond acceptors (Lipinski definition) is 5. The fourth-order valence-electron chi connectivity index (χ4n) is 2.54.